The Morgan fingerprint density at radius 3 is 2.59 bits per heavy atom. The molecule has 1 aliphatic carbocycles. The van der Waals surface area contributed by atoms with Gasteiger partial charge in [-0.05, 0) is 36.1 Å². The monoisotopic (exact) mass is 378 g/mol. The minimum Gasteiger partial charge on any atom is -0.496 e. The molecule has 1 amide bonds. The van der Waals surface area contributed by atoms with E-state index in [0.29, 0.717) is 29.3 Å². The molecule has 0 saturated heterocycles. The fourth-order valence-corrected chi connectivity index (χ4v) is 3.05. The molecule has 1 heterocycles. The Kier molecular flexibility index (Phi) is 5.68. The van der Waals surface area contributed by atoms with E-state index >= 15 is 0 Å². The topological polar surface area (TPSA) is 51.2 Å². The van der Waals surface area contributed by atoms with Gasteiger partial charge in [-0.2, -0.15) is 13.2 Å². The Hall–Kier alpha value is -2.57. The fourth-order valence-electron chi connectivity index (χ4n) is 3.05. The number of hydrogen-bond acceptors (Lipinski definition) is 3. The number of amides is 1. The van der Waals surface area contributed by atoms with Crippen molar-refractivity contribution in [2.24, 2.45) is 5.92 Å². The second-order valence-electron chi connectivity index (χ2n) is 6.76. The van der Waals surface area contributed by atoms with E-state index < -0.39 is 11.9 Å². The van der Waals surface area contributed by atoms with Crippen molar-refractivity contribution in [1.82, 2.24) is 10.3 Å². The number of carbonyl (C=O) groups is 1. The molecule has 1 N–H and O–H groups in total. The maximum absolute atomic E-state index is 12.7. The number of carbonyl (C=O) groups excluding carboxylic acids is 1. The second-order valence-corrected chi connectivity index (χ2v) is 6.76. The summed E-state index contributed by atoms with van der Waals surface area (Å²) < 4.78 is 43.4. The number of pyridine rings is 1. The van der Waals surface area contributed by atoms with Crippen LogP contribution in [0.4, 0.5) is 13.2 Å². The molecule has 144 valence electrons. The predicted molar refractivity (Wildman–Crippen MR) is 94.6 cm³/mol. The molecular weight excluding hydrogens is 357 g/mol. The minimum atomic E-state index is -4.46. The number of benzene rings is 1. The molecule has 0 radical (unpaired) electrons. The lowest BCUT2D eigenvalue weighted by Gasteiger charge is -2.19. The molecule has 7 heteroatoms. The van der Waals surface area contributed by atoms with Crippen molar-refractivity contribution in [2.45, 2.75) is 31.4 Å². The van der Waals surface area contributed by atoms with Gasteiger partial charge in [-0.25, -0.2) is 0 Å². The van der Waals surface area contributed by atoms with Gasteiger partial charge in [0.15, 0.2) is 0 Å². The van der Waals surface area contributed by atoms with Crippen molar-refractivity contribution in [1.29, 1.82) is 0 Å². The molecule has 1 unspecified atom stereocenters. The van der Waals surface area contributed by atoms with Gasteiger partial charge in [0.25, 0.3) is 5.91 Å². The molecule has 1 atom stereocenters. The number of rotatable bonds is 7. The Bertz CT molecular complexity index is 787. The largest absolute Gasteiger partial charge is 0.496 e. The van der Waals surface area contributed by atoms with E-state index in [4.69, 9.17) is 4.74 Å². The third kappa shape index (κ3) is 4.99. The average molecular weight is 378 g/mol. The van der Waals surface area contributed by atoms with E-state index in [1.54, 1.807) is 24.3 Å². The zero-order chi connectivity index (χ0) is 19.4. The quantitative estimate of drug-likeness (QED) is 0.776. The molecule has 0 spiro atoms. The van der Waals surface area contributed by atoms with Crippen LogP contribution in [0, 0.1) is 5.92 Å². The highest BCUT2D eigenvalue weighted by molar-refractivity contribution is 5.96. The van der Waals surface area contributed by atoms with Crippen molar-refractivity contribution < 1.29 is 22.7 Å². The third-order valence-electron chi connectivity index (χ3n) is 4.72. The highest BCUT2D eigenvalue weighted by Gasteiger charge is 2.33. The van der Waals surface area contributed by atoms with Gasteiger partial charge in [0.1, 0.15) is 11.4 Å². The summed E-state index contributed by atoms with van der Waals surface area (Å²) in [5.41, 5.74) is 0.223. The van der Waals surface area contributed by atoms with Crippen LogP contribution in [-0.2, 0) is 6.18 Å². The second kappa shape index (κ2) is 7.98. The summed E-state index contributed by atoms with van der Waals surface area (Å²) in [7, 11) is 1.50. The maximum atomic E-state index is 12.7. The SMILES string of the molecule is COc1ccccc1C(=O)NCC(CC1CC1)c1ccc(C(F)(F)F)nc1. The molecular formula is C20H21F3N2O2. The molecule has 1 fully saturated rings. The minimum absolute atomic E-state index is 0.0778. The number of hydrogen-bond donors (Lipinski definition) is 1. The first-order chi connectivity index (χ1) is 12.9. The number of nitrogens with one attached hydrogen (secondary N) is 1. The van der Waals surface area contributed by atoms with Crippen molar-refractivity contribution in [3.63, 3.8) is 0 Å². The van der Waals surface area contributed by atoms with Crippen molar-refractivity contribution >= 4 is 5.91 Å². The summed E-state index contributed by atoms with van der Waals surface area (Å²) >= 11 is 0. The van der Waals surface area contributed by atoms with E-state index in [1.165, 1.54) is 19.4 Å². The van der Waals surface area contributed by atoms with Crippen molar-refractivity contribution in [3.05, 3.63) is 59.4 Å². The molecule has 27 heavy (non-hydrogen) atoms. The molecule has 1 aliphatic rings. The summed E-state index contributed by atoms with van der Waals surface area (Å²) in [5.74, 6) is 0.685. The lowest BCUT2D eigenvalue weighted by molar-refractivity contribution is -0.141. The Balaban J connectivity index is 1.71. The summed E-state index contributed by atoms with van der Waals surface area (Å²) in [4.78, 5) is 16.0. The van der Waals surface area contributed by atoms with Crippen LogP contribution in [0.3, 0.4) is 0 Å². The van der Waals surface area contributed by atoms with Gasteiger partial charge in [-0.1, -0.05) is 31.0 Å². The highest BCUT2D eigenvalue weighted by atomic mass is 19.4. The average Bonchev–Trinajstić information content (AvgIpc) is 3.48. The Labute approximate surface area is 155 Å². The molecule has 2 aromatic rings. The maximum Gasteiger partial charge on any atom is 0.433 e. The molecule has 4 nitrogen and oxygen atoms in total. The van der Waals surface area contributed by atoms with Crippen molar-refractivity contribution in [3.8, 4) is 5.75 Å². The van der Waals surface area contributed by atoms with Gasteiger partial charge in [0.2, 0.25) is 0 Å². The fraction of sp³-hybridized carbons (Fsp3) is 0.400. The standard InChI is InChI=1S/C20H21F3N2O2/c1-27-17-5-3-2-4-16(17)19(26)25-12-15(10-13-6-7-13)14-8-9-18(24-11-14)20(21,22)23/h2-5,8-9,11,13,15H,6-7,10,12H2,1H3,(H,25,26). The molecule has 1 aromatic carbocycles. The van der Waals surface area contributed by atoms with Crippen molar-refractivity contribution in [2.75, 3.05) is 13.7 Å². The zero-order valence-electron chi connectivity index (χ0n) is 14.9. The number of methoxy groups -OCH3 is 1. The number of para-hydroxylation sites is 1. The lowest BCUT2D eigenvalue weighted by atomic mass is 9.94. The number of nitrogens with zero attached hydrogens (tertiary/aromatic N) is 1. The highest BCUT2D eigenvalue weighted by Crippen LogP contribution is 2.38. The summed E-state index contributed by atoms with van der Waals surface area (Å²) in [5, 5.41) is 2.88. The van der Waals surface area contributed by atoms with Crippen LogP contribution < -0.4 is 10.1 Å². The zero-order valence-corrected chi connectivity index (χ0v) is 14.9. The number of halogens is 3. The number of aromatic nitrogens is 1. The van der Waals surface area contributed by atoms with Crippen LogP contribution in [-0.4, -0.2) is 24.5 Å². The summed E-state index contributed by atoms with van der Waals surface area (Å²) in [6.07, 6.45) is -0.136. The van der Waals surface area contributed by atoms with Gasteiger partial charge in [-0.3, -0.25) is 9.78 Å². The van der Waals surface area contributed by atoms with E-state index in [2.05, 4.69) is 10.3 Å². The number of alkyl halides is 3. The van der Waals surface area contributed by atoms with E-state index in [1.807, 2.05) is 0 Å². The van der Waals surface area contributed by atoms with E-state index in [9.17, 15) is 18.0 Å². The van der Waals surface area contributed by atoms with Gasteiger partial charge in [0, 0.05) is 18.7 Å². The molecule has 0 aliphatic heterocycles. The first-order valence-corrected chi connectivity index (χ1v) is 8.83. The Morgan fingerprint density at radius 1 is 1.26 bits per heavy atom. The first-order valence-electron chi connectivity index (χ1n) is 8.83. The van der Waals surface area contributed by atoms with Gasteiger partial charge >= 0.3 is 6.18 Å². The normalized spacial score (nSPS) is 15.3. The summed E-state index contributed by atoms with van der Waals surface area (Å²) in [6, 6.07) is 9.35. The van der Waals surface area contributed by atoms with E-state index in [-0.39, 0.29) is 11.8 Å². The van der Waals surface area contributed by atoms with Crippen LogP contribution in [0.5, 0.6) is 5.75 Å². The first kappa shape index (κ1) is 19.2. The van der Waals surface area contributed by atoms with Crippen LogP contribution in [0.2, 0.25) is 0 Å². The third-order valence-corrected chi connectivity index (χ3v) is 4.72. The van der Waals surface area contributed by atoms with Crippen LogP contribution in [0.15, 0.2) is 42.6 Å². The molecule has 3 rings (SSSR count). The Morgan fingerprint density at radius 2 is 2.00 bits per heavy atom. The van der Waals surface area contributed by atoms with Crippen LogP contribution in [0.1, 0.15) is 46.8 Å². The van der Waals surface area contributed by atoms with Gasteiger partial charge < -0.3 is 10.1 Å². The number of ether oxygens (including phenoxy) is 1. The van der Waals surface area contributed by atoms with Gasteiger partial charge in [0.05, 0.1) is 12.7 Å². The molecule has 0 bridgehead atoms. The van der Waals surface area contributed by atoms with Crippen LogP contribution in [0.25, 0.3) is 0 Å². The van der Waals surface area contributed by atoms with Gasteiger partial charge in [-0.15, -0.1) is 0 Å². The smallest absolute Gasteiger partial charge is 0.433 e. The molecule has 1 aromatic heterocycles. The summed E-state index contributed by atoms with van der Waals surface area (Å²) in [6.45, 7) is 0.334. The molecule has 1 saturated carbocycles. The lowest BCUT2D eigenvalue weighted by Crippen LogP contribution is -2.29. The van der Waals surface area contributed by atoms with Crippen LogP contribution >= 0.6 is 0 Å². The van der Waals surface area contributed by atoms with E-state index in [0.717, 1.165) is 25.3 Å². The predicted octanol–water partition coefficient (Wildman–Crippen LogP) is 4.42.